The van der Waals surface area contributed by atoms with Gasteiger partial charge in [0.2, 0.25) is 5.88 Å². The van der Waals surface area contributed by atoms with Gasteiger partial charge in [0, 0.05) is 5.39 Å². The molecule has 1 N–H and O–H groups in total. The number of carbonyl (C=O) groups is 1. The fraction of sp³-hybridized carbons (Fsp3) is 0.231. The van der Waals surface area contributed by atoms with E-state index >= 15 is 0 Å². The van der Waals surface area contributed by atoms with E-state index in [1.165, 1.54) is 18.2 Å². The number of aromatic nitrogens is 1. The molecule has 18 heavy (non-hydrogen) atoms. The van der Waals surface area contributed by atoms with Gasteiger partial charge in [0.1, 0.15) is 16.9 Å². The van der Waals surface area contributed by atoms with Crippen molar-refractivity contribution in [3.63, 3.8) is 0 Å². The van der Waals surface area contributed by atoms with Crippen molar-refractivity contribution in [1.82, 2.24) is 4.98 Å². The summed E-state index contributed by atoms with van der Waals surface area (Å²) >= 11 is 0. The second-order valence-electron chi connectivity index (χ2n) is 3.81. The predicted octanol–water partition coefficient (Wildman–Crippen LogP) is 2.86. The highest BCUT2D eigenvalue weighted by Gasteiger charge is 2.16. The first-order valence-corrected chi connectivity index (χ1v) is 5.59. The largest absolute Gasteiger partial charge is 0.477 e. The van der Waals surface area contributed by atoms with E-state index in [2.05, 4.69) is 4.98 Å². The van der Waals surface area contributed by atoms with Crippen LogP contribution >= 0.6 is 0 Å². The molecule has 2 aromatic rings. The van der Waals surface area contributed by atoms with Crippen LogP contribution in [0.15, 0.2) is 24.3 Å². The Morgan fingerprint density at radius 2 is 2.28 bits per heavy atom. The standard InChI is InChI=1S/C13H12FNO3/c1-2-6-18-12-9(13(16)17)7-8-4-3-5-10(14)11(8)15-12/h3-5,7H,2,6H2,1H3,(H,16,17). The molecule has 5 heteroatoms. The highest BCUT2D eigenvalue weighted by atomic mass is 19.1. The lowest BCUT2D eigenvalue weighted by atomic mass is 10.1. The second-order valence-corrected chi connectivity index (χ2v) is 3.81. The molecule has 0 aliphatic carbocycles. The van der Waals surface area contributed by atoms with Crippen LogP contribution in [-0.4, -0.2) is 22.7 Å². The van der Waals surface area contributed by atoms with E-state index in [1.54, 1.807) is 6.07 Å². The molecule has 4 nitrogen and oxygen atoms in total. The highest BCUT2D eigenvalue weighted by Crippen LogP contribution is 2.24. The van der Waals surface area contributed by atoms with E-state index < -0.39 is 11.8 Å². The Balaban J connectivity index is 2.61. The number of fused-ring (bicyclic) bond motifs is 1. The third-order valence-electron chi connectivity index (χ3n) is 2.43. The molecule has 0 fully saturated rings. The quantitative estimate of drug-likeness (QED) is 0.905. The van der Waals surface area contributed by atoms with Crippen LogP contribution in [0.5, 0.6) is 5.88 Å². The topological polar surface area (TPSA) is 59.4 Å². The molecule has 0 unspecified atom stereocenters. The number of halogens is 1. The number of aromatic carboxylic acids is 1. The van der Waals surface area contributed by atoms with Gasteiger partial charge in [-0.3, -0.25) is 0 Å². The van der Waals surface area contributed by atoms with Crippen LogP contribution in [0.1, 0.15) is 23.7 Å². The van der Waals surface area contributed by atoms with E-state index in [-0.39, 0.29) is 17.0 Å². The maximum absolute atomic E-state index is 13.6. The number of ether oxygens (including phenoxy) is 1. The van der Waals surface area contributed by atoms with Gasteiger partial charge in [-0.25, -0.2) is 14.2 Å². The van der Waals surface area contributed by atoms with Gasteiger partial charge >= 0.3 is 5.97 Å². The normalized spacial score (nSPS) is 10.6. The number of para-hydroxylation sites is 1. The summed E-state index contributed by atoms with van der Waals surface area (Å²) in [6, 6.07) is 5.77. The zero-order valence-corrected chi connectivity index (χ0v) is 9.81. The molecule has 0 aliphatic heterocycles. The lowest BCUT2D eigenvalue weighted by Gasteiger charge is -2.08. The number of carboxylic acid groups (broad SMARTS) is 1. The highest BCUT2D eigenvalue weighted by molar-refractivity contribution is 5.95. The first-order valence-electron chi connectivity index (χ1n) is 5.59. The van der Waals surface area contributed by atoms with Gasteiger partial charge in [0.05, 0.1) is 6.61 Å². The smallest absolute Gasteiger partial charge is 0.341 e. The molecule has 0 amide bonds. The van der Waals surface area contributed by atoms with Crippen molar-refractivity contribution in [1.29, 1.82) is 0 Å². The lowest BCUT2D eigenvalue weighted by Crippen LogP contribution is -2.06. The summed E-state index contributed by atoms with van der Waals surface area (Å²) < 4.78 is 18.8. The molecule has 0 saturated heterocycles. The molecule has 0 bridgehead atoms. The van der Waals surface area contributed by atoms with Crippen molar-refractivity contribution < 1.29 is 19.0 Å². The number of nitrogens with zero attached hydrogens (tertiary/aromatic N) is 1. The summed E-state index contributed by atoms with van der Waals surface area (Å²) in [5, 5.41) is 9.52. The summed E-state index contributed by atoms with van der Waals surface area (Å²) in [6.07, 6.45) is 0.718. The Labute approximate surface area is 103 Å². The van der Waals surface area contributed by atoms with E-state index in [0.29, 0.717) is 12.0 Å². The van der Waals surface area contributed by atoms with Crippen LogP contribution in [0.4, 0.5) is 4.39 Å². The van der Waals surface area contributed by atoms with E-state index in [9.17, 15) is 9.18 Å². The Bertz CT molecular complexity index is 598. The Morgan fingerprint density at radius 1 is 1.50 bits per heavy atom. The summed E-state index contributed by atoms with van der Waals surface area (Å²) in [5.74, 6) is -1.67. The minimum absolute atomic E-state index is 0.0399. The number of hydrogen-bond donors (Lipinski definition) is 1. The fourth-order valence-electron chi connectivity index (χ4n) is 1.61. The molecule has 0 saturated carbocycles. The number of hydrogen-bond acceptors (Lipinski definition) is 3. The maximum atomic E-state index is 13.6. The molecule has 2 rings (SSSR count). The summed E-state index contributed by atoms with van der Waals surface area (Å²) in [5.41, 5.74) is 0.0650. The molecule has 0 radical (unpaired) electrons. The van der Waals surface area contributed by atoms with Gasteiger partial charge in [-0.05, 0) is 18.6 Å². The van der Waals surface area contributed by atoms with Gasteiger partial charge in [-0.15, -0.1) is 0 Å². The second kappa shape index (κ2) is 5.00. The van der Waals surface area contributed by atoms with Gasteiger partial charge in [-0.2, -0.15) is 0 Å². The number of pyridine rings is 1. The third-order valence-corrected chi connectivity index (χ3v) is 2.43. The molecular weight excluding hydrogens is 237 g/mol. The number of rotatable bonds is 4. The average molecular weight is 249 g/mol. The lowest BCUT2D eigenvalue weighted by molar-refractivity contribution is 0.0691. The van der Waals surface area contributed by atoms with Crippen LogP contribution in [0.2, 0.25) is 0 Å². The molecule has 0 atom stereocenters. The first kappa shape index (κ1) is 12.3. The monoisotopic (exact) mass is 249 g/mol. The Kier molecular flexibility index (Phi) is 3.41. The van der Waals surface area contributed by atoms with Crippen molar-refractivity contribution >= 4 is 16.9 Å². The van der Waals surface area contributed by atoms with Crippen LogP contribution in [0, 0.1) is 5.82 Å². The van der Waals surface area contributed by atoms with Crippen molar-refractivity contribution in [2.45, 2.75) is 13.3 Å². The van der Waals surface area contributed by atoms with Crippen LogP contribution in [0.3, 0.4) is 0 Å². The average Bonchev–Trinajstić information content (AvgIpc) is 2.36. The molecule has 1 heterocycles. The Hall–Kier alpha value is -2.17. The zero-order chi connectivity index (χ0) is 13.1. The molecule has 1 aromatic carbocycles. The summed E-state index contributed by atoms with van der Waals surface area (Å²) in [7, 11) is 0. The van der Waals surface area contributed by atoms with Crippen LogP contribution < -0.4 is 4.74 Å². The van der Waals surface area contributed by atoms with Gasteiger partial charge in [0.15, 0.2) is 0 Å². The van der Waals surface area contributed by atoms with Gasteiger partial charge < -0.3 is 9.84 Å². The molecule has 0 spiro atoms. The molecule has 1 aromatic heterocycles. The molecular formula is C13H12FNO3. The van der Waals surface area contributed by atoms with E-state index in [1.807, 2.05) is 6.92 Å². The predicted molar refractivity (Wildman–Crippen MR) is 64.4 cm³/mol. The van der Waals surface area contributed by atoms with Gasteiger partial charge in [0.25, 0.3) is 0 Å². The van der Waals surface area contributed by atoms with Crippen LogP contribution in [-0.2, 0) is 0 Å². The molecule has 94 valence electrons. The van der Waals surface area contributed by atoms with E-state index in [4.69, 9.17) is 9.84 Å². The van der Waals surface area contributed by atoms with Crippen LogP contribution in [0.25, 0.3) is 10.9 Å². The first-order chi connectivity index (χ1) is 8.63. The maximum Gasteiger partial charge on any atom is 0.341 e. The minimum Gasteiger partial charge on any atom is -0.477 e. The fourth-order valence-corrected chi connectivity index (χ4v) is 1.61. The summed E-state index contributed by atoms with van der Waals surface area (Å²) in [4.78, 5) is 15.1. The van der Waals surface area contributed by atoms with Crippen molar-refractivity contribution in [3.05, 3.63) is 35.6 Å². The van der Waals surface area contributed by atoms with Crippen molar-refractivity contribution in [3.8, 4) is 5.88 Å². The number of carboxylic acids is 1. The van der Waals surface area contributed by atoms with Crippen molar-refractivity contribution in [2.75, 3.05) is 6.61 Å². The third kappa shape index (κ3) is 2.25. The Morgan fingerprint density at radius 3 is 2.94 bits per heavy atom. The summed E-state index contributed by atoms with van der Waals surface area (Å²) in [6.45, 7) is 2.23. The van der Waals surface area contributed by atoms with E-state index in [0.717, 1.165) is 6.42 Å². The SMILES string of the molecule is CCCOc1nc2c(F)cccc2cc1C(=O)O. The number of benzene rings is 1. The minimum atomic E-state index is -1.14. The van der Waals surface area contributed by atoms with Crippen molar-refractivity contribution in [2.24, 2.45) is 0 Å². The zero-order valence-electron chi connectivity index (χ0n) is 9.81. The molecule has 0 aliphatic rings. The van der Waals surface area contributed by atoms with Gasteiger partial charge in [-0.1, -0.05) is 19.1 Å².